The molecule has 2 aromatic rings. The van der Waals surface area contributed by atoms with Crippen molar-refractivity contribution in [2.45, 2.75) is 41.0 Å². The van der Waals surface area contributed by atoms with Gasteiger partial charge >= 0.3 is 0 Å². The van der Waals surface area contributed by atoms with Crippen LogP contribution in [0.25, 0.3) is 5.78 Å². The van der Waals surface area contributed by atoms with E-state index in [2.05, 4.69) is 70.5 Å². The van der Waals surface area contributed by atoms with Crippen LogP contribution in [0.1, 0.15) is 40.3 Å². The normalized spacial score (nSPS) is 11.8. The van der Waals surface area contributed by atoms with Crippen LogP contribution in [-0.2, 0) is 6.42 Å². The van der Waals surface area contributed by atoms with E-state index in [9.17, 15) is 0 Å². The number of aromatic nitrogens is 4. The van der Waals surface area contributed by atoms with E-state index >= 15 is 0 Å². The lowest BCUT2D eigenvalue weighted by atomic mass is 10.3. The van der Waals surface area contributed by atoms with Crippen molar-refractivity contribution in [2.24, 2.45) is 0 Å². The molecule has 0 saturated heterocycles. The number of hydrogen-bond donors (Lipinski definition) is 0. The fraction of sp³-hybridized carbons (Fsp3) is 0.737. The Labute approximate surface area is 158 Å². The second-order valence-electron chi connectivity index (χ2n) is 6.47. The van der Waals surface area contributed by atoms with Gasteiger partial charge in [0.2, 0.25) is 0 Å². The summed E-state index contributed by atoms with van der Waals surface area (Å²) in [6, 6.07) is 2.17. The molecule has 0 amide bonds. The molecule has 0 unspecified atom stereocenters. The summed E-state index contributed by atoms with van der Waals surface area (Å²) in [5.74, 6) is 1.79. The Bertz CT molecular complexity index is 630. The quantitative estimate of drug-likeness (QED) is 0.578. The number of likely N-dealkylation sites (N-methyl/N-ethyl adjacent to an activating group) is 2. The maximum absolute atomic E-state index is 4.59. The molecule has 7 heteroatoms. The van der Waals surface area contributed by atoms with E-state index in [-0.39, 0.29) is 0 Å². The highest BCUT2D eigenvalue weighted by atomic mass is 15.4. The minimum absolute atomic E-state index is 0.690. The molecular weight excluding hydrogens is 326 g/mol. The maximum atomic E-state index is 4.59. The van der Waals surface area contributed by atoms with Crippen LogP contribution in [0.4, 0.5) is 5.82 Å². The van der Waals surface area contributed by atoms with Crippen LogP contribution in [0.15, 0.2) is 12.4 Å². The van der Waals surface area contributed by atoms with Crippen molar-refractivity contribution in [3.63, 3.8) is 0 Å². The van der Waals surface area contributed by atoms with Gasteiger partial charge in [0.15, 0.2) is 0 Å². The van der Waals surface area contributed by atoms with Gasteiger partial charge in [-0.3, -0.25) is 0 Å². The topological polar surface area (TPSA) is 52.8 Å². The van der Waals surface area contributed by atoms with Gasteiger partial charge in [-0.1, -0.05) is 34.6 Å². The Kier molecular flexibility index (Phi) is 8.25. The lowest BCUT2D eigenvalue weighted by Gasteiger charge is -2.30. The predicted molar refractivity (Wildman–Crippen MR) is 108 cm³/mol. The number of fused-ring (bicyclic) bond motifs is 1. The van der Waals surface area contributed by atoms with E-state index in [1.165, 1.54) is 0 Å². The Hall–Kier alpha value is -1.73. The second kappa shape index (κ2) is 10.4. The molecule has 2 rings (SSSR count). The zero-order chi connectivity index (χ0) is 18.9. The maximum Gasteiger partial charge on any atom is 0.254 e. The third-order valence-electron chi connectivity index (χ3n) is 5.13. The van der Waals surface area contributed by atoms with E-state index in [1.54, 1.807) is 6.33 Å². The number of rotatable bonds is 12. The summed E-state index contributed by atoms with van der Waals surface area (Å²) in [7, 11) is 0. The van der Waals surface area contributed by atoms with Gasteiger partial charge in [-0.25, -0.2) is 4.98 Å². The molecule has 0 bridgehead atoms. The average Bonchev–Trinajstić information content (AvgIpc) is 3.15. The third-order valence-corrected chi connectivity index (χ3v) is 5.13. The molecule has 146 valence electrons. The van der Waals surface area contributed by atoms with Gasteiger partial charge in [0.05, 0.1) is 0 Å². The second-order valence-corrected chi connectivity index (χ2v) is 6.47. The minimum Gasteiger partial charge on any atom is -0.354 e. The minimum atomic E-state index is 0.690. The molecule has 26 heavy (non-hydrogen) atoms. The molecule has 2 heterocycles. The van der Waals surface area contributed by atoms with Gasteiger partial charge in [-0.15, -0.1) is 0 Å². The fourth-order valence-corrected chi connectivity index (χ4v) is 3.20. The lowest BCUT2D eigenvalue weighted by molar-refractivity contribution is 0.293. The predicted octanol–water partition coefficient (Wildman–Crippen LogP) is 2.18. The molecule has 2 aromatic heterocycles. The van der Waals surface area contributed by atoms with E-state index in [1.807, 2.05) is 4.52 Å². The summed E-state index contributed by atoms with van der Waals surface area (Å²) in [6.45, 7) is 19.4. The smallest absolute Gasteiger partial charge is 0.254 e. The van der Waals surface area contributed by atoms with Crippen molar-refractivity contribution >= 4 is 11.6 Å². The van der Waals surface area contributed by atoms with Gasteiger partial charge in [0.25, 0.3) is 5.78 Å². The Balaban J connectivity index is 2.28. The standard InChI is InChI=1S/C19H35N7/c1-6-17-15-18(26-19(22-17)20-16-21-26)25(13-11-23(7-2)8-3)14-12-24(9-4)10-5/h15-16H,6-14H2,1-5H3. The van der Waals surface area contributed by atoms with E-state index < -0.39 is 0 Å². The van der Waals surface area contributed by atoms with Gasteiger partial charge in [-0.2, -0.15) is 14.6 Å². The SMILES string of the molecule is CCc1cc(N(CCN(CC)CC)CCN(CC)CC)n2ncnc2n1. The molecular formula is C19H35N7. The average molecular weight is 362 g/mol. The molecule has 7 nitrogen and oxygen atoms in total. The first kappa shape index (κ1) is 20.6. The molecule has 0 spiro atoms. The summed E-state index contributed by atoms with van der Waals surface area (Å²) in [5, 5.41) is 4.42. The van der Waals surface area contributed by atoms with Crippen molar-refractivity contribution in [3.05, 3.63) is 18.1 Å². The summed E-state index contributed by atoms with van der Waals surface area (Å²) in [6.07, 6.45) is 2.49. The van der Waals surface area contributed by atoms with Gasteiger partial charge in [0, 0.05) is 37.9 Å². The largest absolute Gasteiger partial charge is 0.354 e. The van der Waals surface area contributed by atoms with E-state index in [0.29, 0.717) is 5.78 Å². The van der Waals surface area contributed by atoms with Crippen LogP contribution in [-0.4, -0.2) is 81.7 Å². The highest BCUT2D eigenvalue weighted by Crippen LogP contribution is 2.17. The number of hydrogen-bond acceptors (Lipinski definition) is 6. The van der Waals surface area contributed by atoms with Crippen LogP contribution in [0.5, 0.6) is 0 Å². The van der Waals surface area contributed by atoms with Crippen LogP contribution >= 0.6 is 0 Å². The van der Waals surface area contributed by atoms with E-state index in [4.69, 9.17) is 0 Å². The Morgan fingerprint density at radius 2 is 1.42 bits per heavy atom. The van der Waals surface area contributed by atoms with Crippen LogP contribution < -0.4 is 4.90 Å². The first-order valence-electron chi connectivity index (χ1n) is 10.1. The highest BCUT2D eigenvalue weighted by Gasteiger charge is 2.16. The van der Waals surface area contributed by atoms with Gasteiger partial charge < -0.3 is 14.7 Å². The first-order chi connectivity index (χ1) is 12.7. The molecule has 0 saturated carbocycles. The number of nitrogens with zero attached hydrogens (tertiary/aromatic N) is 7. The van der Waals surface area contributed by atoms with Crippen LogP contribution in [0, 0.1) is 0 Å². The zero-order valence-corrected chi connectivity index (χ0v) is 17.1. The molecule has 0 radical (unpaired) electrons. The van der Waals surface area contributed by atoms with Crippen LogP contribution in [0.2, 0.25) is 0 Å². The molecule has 0 aromatic carbocycles. The summed E-state index contributed by atoms with van der Waals surface area (Å²) in [5.41, 5.74) is 1.07. The molecule has 0 aliphatic heterocycles. The fourth-order valence-electron chi connectivity index (χ4n) is 3.20. The molecule has 0 N–H and O–H groups in total. The zero-order valence-electron chi connectivity index (χ0n) is 17.1. The summed E-state index contributed by atoms with van der Waals surface area (Å²) >= 11 is 0. The first-order valence-corrected chi connectivity index (χ1v) is 10.1. The lowest BCUT2D eigenvalue weighted by Crippen LogP contribution is -2.40. The van der Waals surface area contributed by atoms with Crippen LogP contribution in [0.3, 0.4) is 0 Å². The summed E-state index contributed by atoms with van der Waals surface area (Å²) in [4.78, 5) is 16.3. The highest BCUT2D eigenvalue weighted by molar-refractivity contribution is 5.47. The molecule has 0 fully saturated rings. The van der Waals surface area contributed by atoms with Crippen molar-refractivity contribution in [3.8, 4) is 0 Å². The Morgan fingerprint density at radius 3 is 1.92 bits per heavy atom. The van der Waals surface area contributed by atoms with Crippen molar-refractivity contribution in [1.82, 2.24) is 29.4 Å². The van der Waals surface area contributed by atoms with E-state index in [0.717, 1.165) is 70.3 Å². The number of aryl methyl sites for hydroxylation is 1. The summed E-state index contributed by atoms with van der Waals surface area (Å²) < 4.78 is 1.88. The van der Waals surface area contributed by atoms with Crippen molar-refractivity contribution < 1.29 is 0 Å². The molecule has 0 aliphatic rings. The molecule has 0 atom stereocenters. The third kappa shape index (κ3) is 5.14. The molecule has 0 aliphatic carbocycles. The monoisotopic (exact) mass is 361 g/mol. The van der Waals surface area contributed by atoms with Gasteiger partial charge in [0.1, 0.15) is 12.1 Å². The van der Waals surface area contributed by atoms with Crippen molar-refractivity contribution in [1.29, 1.82) is 0 Å². The van der Waals surface area contributed by atoms with Gasteiger partial charge in [-0.05, 0) is 32.6 Å². The Morgan fingerprint density at radius 1 is 0.846 bits per heavy atom. The van der Waals surface area contributed by atoms with Crippen molar-refractivity contribution in [2.75, 3.05) is 57.3 Å². The number of anilines is 1.